The number of cyclic esters (lactones) is 1. The predicted octanol–water partition coefficient (Wildman–Crippen LogP) is 2.18. The van der Waals surface area contributed by atoms with Crippen LogP contribution in [-0.2, 0) is 16.0 Å². The molecule has 2 N–H and O–H groups in total. The number of carbonyl (C=O) groups is 1. The number of ether oxygens (including phenoxy) is 1. The molecule has 0 unspecified atom stereocenters. The summed E-state index contributed by atoms with van der Waals surface area (Å²) in [5, 5.41) is 0. The van der Waals surface area contributed by atoms with Crippen molar-refractivity contribution in [2.75, 3.05) is 0 Å². The fourth-order valence-electron chi connectivity index (χ4n) is 2.40. The van der Waals surface area contributed by atoms with Crippen molar-refractivity contribution in [3.05, 3.63) is 35.4 Å². The lowest BCUT2D eigenvalue weighted by molar-refractivity contribution is -0.145. The summed E-state index contributed by atoms with van der Waals surface area (Å²) in [4.78, 5) is 11.5. The minimum atomic E-state index is -0.628. The fourth-order valence-corrected chi connectivity index (χ4v) is 2.40. The molecule has 2 rings (SSSR count). The van der Waals surface area contributed by atoms with Crippen molar-refractivity contribution in [2.45, 2.75) is 38.3 Å². The van der Waals surface area contributed by atoms with Gasteiger partial charge in [0.05, 0.1) is 5.92 Å². The Balaban J connectivity index is 2.01. The smallest absolute Gasteiger partial charge is 0.309 e. The van der Waals surface area contributed by atoms with E-state index in [1.54, 1.807) is 0 Å². The van der Waals surface area contributed by atoms with Gasteiger partial charge in [-0.1, -0.05) is 6.92 Å². The lowest BCUT2D eigenvalue weighted by Crippen LogP contribution is -2.36. The zero-order chi connectivity index (χ0) is 14.0. The van der Waals surface area contributed by atoms with Crippen molar-refractivity contribution in [3.8, 4) is 0 Å². The zero-order valence-electron chi connectivity index (χ0n) is 10.7. The van der Waals surface area contributed by atoms with Crippen LogP contribution in [0.5, 0.6) is 0 Å². The summed E-state index contributed by atoms with van der Waals surface area (Å²) in [5.74, 6) is -1.59. The van der Waals surface area contributed by atoms with E-state index in [1.807, 2.05) is 6.92 Å². The number of hydrogen-bond donors (Lipinski definition) is 1. The normalized spacial score (nSPS) is 24.3. The van der Waals surface area contributed by atoms with Crippen molar-refractivity contribution in [1.29, 1.82) is 0 Å². The highest BCUT2D eigenvalue weighted by molar-refractivity contribution is 5.74. The quantitative estimate of drug-likeness (QED) is 0.852. The first-order valence-electron chi connectivity index (χ1n) is 6.40. The number of halogens is 2. The molecule has 0 aliphatic carbocycles. The second-order valence-corrected chi connectivity index (χ2v) is 4.96. The number of hydrogen-bond acceptors (Lipinski definition) is 3. The molecule has 3 nitrogen and oxygen atoms in total. The number of benzene rings is 1. The third kappa shape index (κ3) is 3.29. The summed E-state index contributed by atoms with van der Waals surface area (Å²) in [6.45, 7) is 1.92. The molecular formula is C14H17F2NO2. The SMILES string of the molecule is CC[C@@H]1C[C@@H]([C@@H](N)Cc2cc(F)cc(F)c2)OC1=O. The zero-order valence-corrected chi connectivity index (χ0v) is 10.7. The Morgan fingerprint density at radius 2 is 2.00 bits per heavy atom. The summed E-state index contributed by atoms with van der Waals surface area (Å²) in [7, 11) is 0. The summed E-state index contributed by atoms with van der Waals surface area (Å²) >= 11 is 0. The van der Waals surface area contributed by atoms with E-state index in [1.165, 1.54) is 12.1 Å². The molecule has 1 fully saturated rings. The second kappa shape index (κ2) is 5.65. The van der Waals surface area contributed by atoms with Gasteiger partial charge >= 0.3 is 5.97 Å². The van der Waals surface area contributed by atoms with Crippen LogP contribution in [0.15, 0.2) is 18.2 Å². The third-order valence-electron chi connectivity index (χ3n) is 3.48. The minimum Gasteiger partial charge on any atom is -0.460 e. The Morgan fingerprint density at radius 1 is 1.37 bits per heavy atom. The lowest BCUT2D eigenvalue weighted by Gasteiger charge is -2.18. The lowest BCUT2D eigenvalue weighted by atomic mass is 9.95. The van der Waals surface area contributed by atoms with E-state index in [4.69, 9.17) is 10.5 Å². The van der Waals surface area contributed by atoms with Crippen LogP contribution in [0.25, 0.3) is 0 Å². The van der Waals surface area contributed by atoms with Gasteiger partial charge in [0, 0.05) is 12.1 Å². The molecule has 3 atom stereocenters. The Hall–Kier alpha value is -1.49. The average molecular weight is 269 g/mol. The highest BCUT2D eigenvalue weighted by Crippen LogP contribution is 2.26. The van der Waals surface area contributed by atoms with Crippen LogP contribution in [0.1, 0.15) is 25.3 Å². The van der Waals surface area contributed by atoms with Gasteiger partial charge in [-0.3, -0.25) is 4.79 Å². The molecule has 1 aromatic carbocycles. The minimum absolute atomic E-state index is 0.111. The first-order chi connectivity index (χ1) is 8.99. The number of carbonyl (C=O) groups excluding carboxylic acids is 1. The van der Waals surface area contributed by atoms with Gasteiger partial charge < -0.3 is 10.5 Å². The van der Waals surface area contributed by atoms with Crippen molar-refractivity contribution in [3.63, 3.8) is 0 Å². The van der Waals surface area contributed by atoms with Crippen molar-refractivity contribution < 1.29 is 18.3 Å². The van der Waals surface area contributed by atoms with Gasteiger partial charge in [0.1, 0.15) is 17.7 Å². The van der Waals surface area contributed by atoms with E-state index in [0.29, 0.717) is 12.0 Å². The van der Waals surface area contributed by atoms with Crippen LogP contribution in [0, 0.1) is 17.6 Å². The van der Waals surface area contributed by atoms with Gasteiger partial charge in [-0.2, -0.15) is 0 Å². The topological polar surface area (TPSA) is 52.3 Å². The highest BCUT2D eigenvalue weighted by Gasteiger charge is 2.36. The van der Waals surface area contributed by atoms with Gasteiger partial charge in [0.25, 0.3) is 0 Å². The van der Waals surface area contributed by atoms with Gasteiger partial charge in [0.2, 0.25) is 0 Å². The van der Waals surface area contributed by atoms with Crippen LogP contribution in [0.3, 0.4) is 0 Å². The van der Waals surface area contributed by atoms with Crippen LogP contribution in [0.2, 0.25) is 0 Å². The molecule has 0 amide bonds. The molecule has 0 spiro atoms. The molecule has 0 aromatic heterocycles. The molecule has 1 aliphatic heterocycles. The maximum absolute atomic E-state index is 13.1. The Bertz CT molecular complexity index is 458. The van der Waals surface area contributed by atoms with Crippen LogP contribution < -0.4 is 5.73 Å². The second-order valence-electron chi connectivity index (χ2n) is 4.96. The van der Waals surface area contributed by atoms with E-state index < -0.39 is 17.7 Å². The van der Waals surface area contributed by atoms with Crippen LogP contribution >= 0.6 is 0 Å². The fraction of sp³-hybridized carbons (Fsp3) is 0.500. The average Bonchev–Trinajstić information content (AvgIpc) is 2.69. The number of nitrogens with two attached hydrogens (primary N) is 1. The standard InChI is InChI=1S/C14H17F2NO2/c1-2-9-6-13(19-14(9)18)12(17)5-8-3-10(15)7-11(16)4-8/h3-4,7,9,12-13H,2,5-6,17H2,1H3/t9-,12+,13+/m1/s1. The first-order valence-corrected chi connectivity index (χ1v) is 6.40. The molecule has 1 heterocycles. The van der Waals surface area contributed by atoms with Gasteiger partial charge in [-0.25, -0.2) is 8.78 Å². The largest absolute Gasteiger partial charge is 0.460 e. The molecule has 19 heavy (non-hydrogen) atoms. The number of esters is 1. The Kier molecular flexibility index (Phi) is 4.14. The number of rotatable bonds is 4. The maximum atomic E-state index is 13.1. The highest BCUT2D eigenvalue weighted by atomic mass is 19.1. The van der Waals surface area contributed by atoms with Crippen LogP contribution in [0.4, 0.5) is 8.78 Å². The van der Waals surface area contributed by atoms with Gasteiger partial charge in [0.15, 0.2) is 0 Å². The van der Waals surface area contributed by atoms with E-state index in [9.17, 15) is 13.6 Å². The van der Waals surface area contributed by atoms with Crippen molar-refractivity contribution >= 4 is 5.97 Å². The van der Waals surface area contributed by atoms with Crippen molar-refractivity contribution in [2.24, 2.45) is 11.7 Å². The maximum Gasteiger partial charge on any atom is 0.309 e. The molecule has 1 aromatic rings. The molecular weight excluding hydrogens is 252 g/mol. The summed E-state index contributed by atoms with van der Waals surface area (Å²) in [6.07, 6.45) is 1.21. The molecule has 0 bridgehead atoms. The van der Waals surface area contributed by atoms with E-state index in [2.05, 4.69) is 0 Å². The third-order valence-corrected chi connectivity index (χ3v) is 3.48. The summed E-state index contributed by atoms with van der Waals surface area (Å²) < 4.78 is 31.3. The summed E-state index contributed by atoms with van der Waals surface area (Å²) in [5.41, 5.74) is 6.44. The van der Waals surface area contributed by atoms with E-state index in [0.717, 1.165) is 12.5 Å². The molecule has 104 valence electrons. The molecule has 5 heteroatoms. The summed E-state index contributed by atoms with van der Waals surface area (Å²) in [6, 6.07) is 2.87. The monoisotopic (exact) mass is 269 g/mol. The predicted molar refractivity (Wildman–Crippen MR) is 66.3 cm³/mol. The van der Waals surface area contributed by atoms with Crippen LogP contribution in [-0.4, -0.2) is 18.1 Å². The molecule has 0 radical (unpaired) electrons. The van der Waals surface area contributed by atoms with Crippen molar-refractivity contribution in [1.82, 2.24) is 0 Å². The van der Waals surface area contributed by atoms with E-state index in [-0.39, 0.29) is 24.4 Å². The first kappa shape index (κ1) is 13.9. The molecule has 0 saturated carbocycles. The van der Waals surface area contributed by atoms with Gasteiger partial charge in [-0.05, 0) is 37.0 Å². The van der Waals surface area contributed by atoms with E-state index >= 15 is 0 Å². The van der Waals surface area contributed by atoms with Gasteiger partial charge in [-0.15, -0.1) is 0 Å². The molecule has 1 saturated heterocycles. The Morgan fingerprint density at radius 3 is 2.53 bits per heavy atom. The molecule has 1 aliphatic rings. The Labute approximate surface area is 110 Å².